The third-order valence-corrected chi connectivity index (χ3v) is 5.39. The summed E-state index contributed by atoms with van der Waals surface area (Å²) < 4.78 is 11.3. The normalized spacial score (nSPS) is 11.0. The Morgan fingerprint density at radius 3 is 2.55 bits per heavy atom. The number of carbonyl (C=O) groups is 1. The van der Waals surface area contributed by atoms with Crippen LogP contribution in [0.25, 0.3) is 11.1 Å². The maximum atomic E-state index is 12.2. The number of nitrogens with one attached hydrogen (secondary N) is 1. The van der Waals surface area contributed by atoms with Gasteiger partial charge in [0.2, 0.25) is 0 Å². The number of fused-ring (bicyclic) bond motifs is 1. The molecule has 1 N–H and O–H groups in total. The van der Waals surface area contributed by atoms with E-state index >= 15 is 0 Å². The lowest BCUT2D eigenvalue weighted by molar-refractivity contribution is -0.118. The van der Waals surface area contributed by atoms with Gasteiger partial charge in [-0.15, -0.1) is 0 Å². The van der Waals surface area contributed by atoms with Crippen LogP contribution in [0.15, 0.2) is 59.0 Å². The molecule has 3 aromatic carbocycles. The predicted molar refractivity (Wildman–Crippen MR) is 123 cm³/mol. The first-order chi connectivity index (χ1) is 14.9. The van der Waals surface area contributed by atoms with E-state index in [0.717, 1.165) is 11.1 Å². The van der Waals surface area contributed by atoms with E-state index in [9.17, 15) is 4.79 Å². The first-order valence-corrected chi connectivity index (χ1v) is 10.5. The predicted octanol–water partition coefficient (Wildman–Crippen LogP) is 6.36. The van der Waals surface area contributed by atoms with Crippen molar-refractivity contribution in [2.24, 2.45) is 0 Å². The molecule has 0 unspecified atom stereocenters. The van der Waals surface area contributed by atoms with E-state index in [2.05, 4.69) is 10.3 Å². The topological polar surface area (TPSA) is 64.4 Å². The van der Waals surface area contributed by atoms with Gasteiger partial charge < -0.3 is 14.5 Å². The average Bonchev–Trinajstić information content (AvgIpc) is 3.13. The van der Waals surface area contributed by atoms with Crippen LogP contribution in [0.3, 0.4) is 0 Å². The Hall–Kier alpha value is -3.02. The highest BCUT2D eigenvalue weighted by atomic mass is 35.5. The number of hydrogen-bond donors (Lipinski definition) is 1. The fraction of sp³-hybridized carbons (Fsp3) is 0.167. The van der Waals surface area contributed by atoms with Crippen molar-refractivity contribution >= 4 is 45.9 Å². The van der Waals surface area contributed by atoms with Gasteiger partial charge in [0.05, 0.1) is 5.02 Å². The number of halogens is 2. The Balaban J connectivity index is 1.35. The number of hydrogen-bond acceptors (Lipinski definition) is 4. The molecule has 0 aliphatic heterocycles. The minimum absolute atomic E-state index is 0.0591. The number of aryl methyl sites for hydroxylation is 2. The van der Waals surface area contributed by atoms with Gasteiger partial charge in [-0.2, -0.15) is 0 Å². The van der Waals surface area contributed by atoms with Gasteiger partial charge in [0.1, 0.15) is 11.3 Å². The number of aromatic nitrogens is 1. The van der Waals surface area contributed by atoms with Gasteiger partial charge in [-0.05, 0) is 66.9 Å². The van der Waals surface area contributed by atoms with Gasteiger partial charge in [0, 0.05) is 17.1 Å². The number of rotatable bonds is 6. The van der Waals surface area contributed by atoms with Gasteiger partial charge in [0.15, 0.2) is 18.1 Å². The molecule has 0 saturated carbocycles. The van der Waals surface area contributed by atoms with E-state index in [1.54, 1.807) is 12.1 Å². The lowest BCUT2D eigenvalue weighted by Crippen LogP contribution is -2.20. The summed E-state index contributed by atoms with van der Waals surface area (Å²) in [5.74, 6) is 0.988. The molecule has 158 valence electrons. The molecule has 0 aliphatic carbocycles. The smallest absolute Gasteiger partial charge is 0.262 e. The highest BCUT2D eigenvalue weighted by Crippen LogP contribution is 2.29. The minimum Gasteiger partial charge on any atom is -0.484 e. The highest BCUT2D eigenvalue weighted by Gasteiger charge is 2.11. The second-order valence-electron chi connectivity index (χ2n) is 7.30. The summed E-state index contributed by atoms with van der Waals surface area (Å²) in [6.07, 6.45) is 0.493. The molecule has 0 atom stereocenters. The first kappa shape index (κ1) is 21.2. The summed E-state index contributed by atoms with van der Waals surface area (Å²) in [6.45, 7) is 3.98. The average molecular weight is 455 g/mol. The second-order valence-corrected chi connectivity index (χ2v) is 8.14. The Labute approximate surface area is 189 Å². The molecule has 0 bridgehead atoms. The molecule has 1 heterocycles. The zero-order chi connectivity index (χ0) is 22.0. The van der Waals surface area contributed by atoms with Crippen molar-refractivity contribution in [3.05, 3.63) is 87.2 Å². The third kappa shape index (κ3) is 5.19. The van der Waals surface area contributed by atoms with Crippen LogP contribution in [0.4, 0.5) is 5.69 Å². The Kier molecular flexibility index (Phi) is 6.16. The molecule has 0 saturated heterocycles. The van der Waals surface area contributed by atoms with Crippen molar-refractivity contribution < 1.29 is 13.9 Å². The molecule has 4 rings (SSSR count). The maximum absolute atomic E-state index is 12.2. The second kappa shape index (κ2) is 9.00. The van der Waals surface area contributed by atoms with Crippen LogP contribution in [-0.2, 0) is 11.2 Å². The summed E-state index contributed by atoms with van der Waals surface area (Å²) in [5.41, 5.74) is 5.12. The molecule has 0 spiro atoms. The summed E-state index contributed by atoms with van der Waals surface area (Å²) in [7, 11) is 0. The lowest BCUT2D eigenvalue weighted by Gasteiger charge is -2.09. The summed E-state index contributed by atoms with van der Waals surface area (Å²) in [5, 5.41) is 3.77. The number of amides is 1. The van der Waals surface area contributed by atoms with E-state index in [4.69, 9.17) is 32.4 Å². The maximum Gasteiger partial charge on any atom is 0.262 e. The van der Waals surface area contributed by atoms with Gasteiger partial charge >= 0.3 is 0 Å². The molecule has 5 nitrogen and oxygen atoms in total. The number of benzene rings is 3. The van der Waals surface area contributed by atoms with Crippen LogP contribution < -0.4 is 10.1 Å². The molecule has 4 aromatic rings. The van der Waals surface area contributed by atoms with E-state index in [-0.39, 0.29) is 12.5 Å². The van der Waals surface area contributed by atoms with Crippen LogP contribution in [0.5, 0.6) is 5.75 Å². The van der Waals surface area contributed by atoms with Crippen LogP contribution >= 0.6 is 23.2 Å². The number of nitrogens with zero attached hydrogens (tertiary/aromatic N) is 1. The zero-order valence-corrected chi connectivity index (χ0v) is 18.6. The van der Waals surface area contributed by atoms with Crippen LogP contribution in [-0.4, -0.2) is 17.5 Å². The Morgan fingerprint density at radius 1 is 1.03 bits per heavy atom. The van der Waals surface area contributed by atoms with E-state index in [1.165, 1.54) is 5.56 Å². The zero-order valence-electron chi connectivity index (χ0n) is 17.0. The third-order valence-electron chi connectivity index (χ3n) is 4.90. The van der Waals surface area contributed by atoms with E-state index in [1.807, 2.05) is 56.3 Å². The lowest BCUT2D eigenvalue weighted by atomic mass is 10.1. The summed E-state index contributed by atoms with van der Waals surface area (Å²) in [6, 6.07) is 16.6. The summed E-state index contributed by atoms with van der Waals surface area (Å²) in [4.78, 5) is 16.6. The Morgan fingerprint density at radius 2 is 1.81 bits per heavy atom. The number of anilines is 1. The van der Waals surface area contributed by atoms with E-state index in [0.29, 0.717) is 44.9 Å². The van der Waals surface area contributed by atoms with Crippen molar-refractivity contribution in [2.75, 3.05) is 11.9 Å². The SMILES string of the molecule is Cc1ccc(OCC(=O)Nc2ccc(Cc3nc4cc(Cl)cc(Cl)c4o3)cc2)cc1C. The molecule has 0 aliphatic rings. The molecule has 1 aromatic heterocycles. The van der Waals surface area contributed by atoms with Gasteiger partial charge in [-0.1, -0.05) is 41.4 Å². The van der Waals surface area contributed by atoms with Crippen molar-refractivity contribution in [3.8, 4) is 5.75 Å². The first-order valence-electron chi connectivity index (χ1n) is 9.71. The standard InChI is InChI=1S/C24H20Cl2N2O3/c1-14-3-8-19(9-15(14)2)30-13-22(29)27-18-6-4-16(5-7-18)10-23-28-21-12-17(25)11-20(26)24(21)31-23/h3-9,11-12H,10,13H2,1-2H3,(H,27,29). The van der Waals surface area contributed by atoms with Crippen LogP contribution in [0.2, 0.25) is 10.0 Å². The molecule has 0 radical (unpaired) electrons. The van der Waals surface area contributed by atoms with Crippen molar-refractivity contribution in [2.45, 2.75) is 20.3 Å². The fourth-order valence-electron chi connectivity index (χ4n) is 3.11. The number of oxazole rings is 1. The van der Waals surface area contributed by atoms with Crippen molar-refractivity contribution in [1.82, 2.24) is 4.98 Å². The Bertz CT molecular complexity index is 1250. The van der Waals surface area contributed by atoms with E-state index < -0.39 is 0 Å². The number of carbonyl (C=O) groups excluding carboxylic acids is 1. The molecular weight excluding hydrogens is 435 g/mol. The van der Waals surface area contributed by atoms with Crippen molar-refractivity contribution in [3.63, 3.8) is 0 Å². The van der Waals surface area contributed by atoms with Crippen molar-refractivity contribution in [1.29, 1.82) is 0 Å². The fourth-order valence-corrected chi connectivity index (χ4v) is 3.63. The molecule has 0 fully saturated rings. The van der Waals surface area contributed by atoms with Gasteiger partial charge in [-0.3, -0.25) is 4.79 Å². The largest absolute Gasteiger partial charge is 0.484 e. The number of ether oxygens (including phenoxy) is 1. The molecular formula is C24H20Cl2N2O3. The van der Waals surface area contributed by atoms with Crippen LogP contribution in [0.1, 0.15) is 22.6 Å². The van der Waals surface area contributed by atoms with Crippen LogP contribution in [0, 0.1) is 13.8 Å². The minimum atomic E-state index is -0.226. The quantitative estimate of drug-likeness (QED) is 0.368. The molecule has 31 heavy (non-hydrogen) atoms. The van der Waals surface area contributed by atoms with Gasteiger partial charge in [-0.25, -0.2) is 4.98 Å². The molecule has 1 amide bonds. The summed E-state index contributed by atoms with van der Waals surface area (Å²) >= 11 is 12.2. The monoisotopic (exact) mass is 454 g/mol. The molecule has 7 heteroatoms. The van der Waals surface area contributed by atoms with Gasteiger partial charge in [0.25, 0.3) is 5.91 Å². The highest BCUT2D eigenvalue weighted by molar-refractivity contribution is 6.37.